The number of aliphatic carboxylic acids is 1. The SMILES string of the molecule is CCn1c(=O)c2c(nc(CC(=O)O)n2C)n(C(C)C)c1=O. The van der Waals surface area contributed by atoms with E-state index in [4.69, 9.17) is 5.11 Å². The molecule has 114 valence electrons. The summed E-state index contributed by atoms with van der Waals surface area (Å²) in [5, 5.41) is 8.91. The zero-order valence-corrected chi connectivity index (χ0v) is 12.5. The summed E-state index contributed by atoms with van der Waals surface area (Å²) in [6, 6.07) is -0.189. The second-order valence-corrected chi connectivity index (χ2v) is 5.13. The molecular formula is C13H18N4O4. The Hall–Kier alpha value is -2.38. The van der Waals surface area contributed by atoms with Crippen LogP contribution in [0.3, 0.4) is 0 Å². The summed E-state index contributed by atoms with van der Waals surface area (Å²) in [5.74, 6) is -0.792. The number of hydrogen-bond donors (Lipinski definition) is 1. The van der Waals surface area contributed by atoms with Gasteiger partial charge in [0.2, 0.25) is 0 Å². The third-order valence-electron chi connectivity index (χ3n) is 3.42. The molecule has 0 radical (unpaired) electrons. The predicted molar refractivity (Wildman–Crippen MR) is 76.6 cm³/mol. The standard InChI is InChI=1S/C13H18N4O4/c1-5-16-12(20)10-11(17(7(2)3)13(16)21)14-8(15(10)4)6-9(18)19/h7H,5-6H2,1-4H3,(H,18,19). The lowest BCUT2D eigenvalue weighted by Gasteiger charge is -2.13. The topological polar surface area (TPSA) is 99.1 Å². The first-order valence-electron chi connectivity index (χ1n) is 6.72. The lowest BCUT2D eigenvalue weighted by molar-refractivity contribution is -0.136. The Labute approximate surface area is 120 Å². The van der Waals surface area contributed by atoms with E-state index in [-0.39, 0.29) is 36.0 Å². The highest BCUT2D eigenvalue weighted by Gasteiger charge is 2.21. The highest BCUT2D eigenvalue weighted by Crippen LogP contribution is 2.14. The molecule has 0 amide bonds. The van der Waals surface area contributed by atoms with Gasteiger partial charge in [-0.05, 0) is 20.8 Å². The van der Waals surface area contributed by atoms with Crippen molar-refractivity contribution in [3.05, 3.63) is 26.7 Å². The van der Waals surface area contributed by atoms with Gasteiger partial charge in [0.05, 0.1) is 0 Å². The van der Waals surface area contributed by atoms with Crippen molar-refractivity contribution in [2.75, 3.05) is 0 Å². The van der Waals surface area contributed by atoms with Crippen LogP contribution in [0.5, 0.6) is 0 Å². The summed E-state index contributed by atoms with van der Waals surface area (Å²) in [4.78, 5) is 39.9. The van der Waals surface area contributed by atoms with Gasteiger partial charge in [-0.2, -0.15) is 0 Å². The van der Waals surface area contributed by atoms with Gasteiger partial charge in [-0.1, -0.05) is 0 Å². The largest absolute Gasteiger partial charge is 0.481 e. The van der Waals surface area contributed by atoms with Crippen molar-refractivity contribution in [3.63, 3.8) is 0 Å². The Kier molecular flexibility index (Phi) is 3.71. The molecule has 0 unspecified atom stereocenters. The molecule has 2 aromatic heterocycles. The van der Waals surface area contributed by atoms with Gasteiger partial charge < -0.3 is 9.67 Å². The second kappa shape index (κ2) is 5.19. The zero-order chi connectivity index (χ0) is 15.9. The van der Waals surface area contributed by atoms with Crippen molar-refractivity contribution in [2.24, 2.45) is 7.05 Å². The Morgan fingerprint density at radius 3 is 2.43 bits per heavy atom. The Balaban J connectivity index is 2.98. The number of hydrogen-bond acceptors (Lipinski definition) is 4. The average molecular weight is 294 g/mol. The minimum absolute atomic E-state index is 0.189. The third kappa shape index (κ3) is 2.26. The molecule has 1 N–H and O–H groups in total. The fourth-order valence-electron chi connectivity index (χ4n) is 2.41. The molecule has 0 aliphatic heterocycles. The first kappa shape index (κ1) is 15.0. The maximum atomic E-state index is 12.4. The normalized spacial score (nSPS) is 11.5. The van der Waals surface area contributed by atoms with E-state index in [1.54, 1.807) is 14.0 Å². The molecule has 0 aliphatic rings. The summed E-state index contributed by atoms with van der Waals surface area (Å²) in [6.07, 6.45) is -0.303. The van der Waals surface area contributed by atoms with Crippen molar-refractivity contribution < 1.29 is 9.90 Å². The lowest BCUT2D eigenvalue weighted by atomic mass is 10.3. The quantitative estimate of drug-likeness (QED) is 0.863. The molecule has 0 fully saturated rings. The number of carbonyl (C=O) groups is 1. The summed E-state index contributed by atoms with van der Waals surface area (Å²) in [6.45, 7) is 5.60. The monoisotopic (exact) mass is 294 g/mol. The maximum absolute atomic E-state index is 12.4. The van der Waals surface area contributed by atoms with Gasteiger partial charge in [0.25, 0.3) is 5.56 Å². The van der Waals surface area contributed by atoms with Gasteiger partial charge >= 0.3 is 11.7 Å². The minimum Gasteiger partial charge on any atom is -0.481 e. The van der Waals surface area contributed by atoms with E-state index in [9.17, 15) is 14.4 Å². The number of rotatable bonds is 4. The van der Waals surface area contributed by atoms with E-state index in [2.05, 4.69) is 4.98 Å². The molecule has 8 nitrogen and oxygen atoms in total. The Morgan fingerprint density at radius 2 is 1.95 bits per heavy atom. The maximum Gasteiger partial charge on any atom is 0.332 e. The molecule has 21 heavy (non-hydrogen) atoms. The fraction of sp³-hybridized carbons (Fsp3) is 0.538. The van der Waals surface area contributed by atoms with Crippen LogP contribution >= 0.6 is 0 Å². The molecular weight excluding hydrogens is 276 g/mol. The van der Waals surface area contributed by atoms with Gasteiger partial charge in [-0.25, -0.2) is 9.78 Å². The van der Waals surface area contributed by atoms with E-state index in [1.165, 1.54) is 9.13 Å². The van der Waals surface area contributed by atoms with Crippen molar-refractivity contribution in [1.82, 2.24) is 18.7 Å². The second-order valence-electron chi connectivity index (χ2n) is 5.13. The number of aromatic nitrogens is 4. The molecule has 0 spiro atoms. The van der Waals surface area contributed by atoms with E-state index in [1.807, 2.05) is 13.8 Å². The van der Waals surface area contributed by atoms with Crippen molar-refractivity contribution in [3.8, 4) is 0 Å². The van der Waals surface area contributed by atoms with Crippen LogP contribution in [0.15, 0.2) is 9.59 Å². The highest BCUT2D eigenvalue weighted by molar-refractivity contribution is 5.74. The zero-order valence-electron chi connectivity index (χ0n) is 12.5. The van der Waals surface area contributed by atoms with Crippen LogP contribution in [-0.4, -0.2) is 29.8 Å². The molecule has 2 aromatic rings. The van der Waals surface area contributed by atoms with Crippen LogP contribution in [0.1, 0.15) is 32.6 Å². The molecule has 0 aromatic carbocycles. The predicted octanol–water partition coefficient (Wildman–Crippen LogP) is 0.125. The highest BCUT2D eigenvalue weighted by atomic mass is 16.4. The number of nitrogens with zero attached hydrogens (tertiary/aromatic N) is 4. The molecule has 0 saturated heterocycles. The van der Waals surface area contributed by atoms with Crippen molar-refractivity contribution in [2.45, 2.75) is 39.8 Å². The molecule has 2 heterocycles. The summed E-state index contributed by atoms with van der Waals surface area (Å²) in [7, 11) is 1.59. The number of fused-ring (bicyclic) bond motifs is 1. The molecule has 0 bridgehead atoms. The number of carboxylic acids is 1. The van der Waals surface area contributed by atoms with Gasteiger partial charge in [-0.15, -0.1) is 0 Å². The van der Waals surface area contributed by atoms with Crippen LogP contribution in [0.4, 0.5) is 0 Å². The fourth-order valence-corrected chi connectivity index (χ4v) is 2.41. The molecule has 0 aliphatic carbocycles. The molecule has 8 heteroatoms. The van der Waals surface area contributed by atoms with Crippen LogP contribution in [0.2, 0.25) is 0 Å². The van der Waals surface area contributed by atoms with E-state index >= 15 is 0 Å². The first-order chi connectivity index (χ1) is 9.79. The summed E-state index contributed by atoms with van der Waals surface area (Å²) >= 11 is 0. The lowest BCUT2D eigenvalue weighted by Crippen LogP contribution is -2.40. The number of carboxylic acid groups (broad SMARTS) is 1. The van der Waals surface area contributed by atoms with Crippen LogP contribution < -0.4 is 11.2 Å². The van der Waals surface area contributed by atoms with Gasteiger partial charge in [-0.3, -0.25) is 18.7 Å². The summed E-state index contributed by atoms with van der Waals surface area (Å²) < 4.78 is 4.01. The molecule has 0 saturated carbocycles. The number of imidazole rings is 1. The van der Waals surface area contributed by atoms with E-state index in [0.717, 1.165) is 4.57 Å². The van der Waals surface area contributed by atoms with Gasteiger partial charge in [0.1, 0.15) is 12.2 Å². The number of aryl methyl sites for hydroxylation is 1. The average Bonchev–Trinajstić information content (AvgIpc) is 2.66. The Morgan fingerprint density at radius 1 is 1.33 bits per heavy atom. The Bertz CT molecular complexity index is 825. The van der Waals surface area contributed by atoms with Crippen LogP contribution in [-0.2, 0) is 24.8 Å². The molecule has 2 rings (SSSR count). The van der Waals surface area contributed by atoms with Crippen molar-refractivity contribution >= 4 is 17.1 Å². The molecule has 0 atom stereocenters. The smallest absolute Gasteiger partial charge is 0.332 e. The van der Waals surface area contributed by atoms with Crippen LogP contribution in [0.25, 0.3) is 11.2 Å². The third-order valence-corrected chi connectivity index (χ3v) is 3.42. The summed E-state index contributed by atoms with van der Waals surface area (Å²) in [5.41, 5.74) is -0.379. The van der Waals surface area contributed by atoms with E-state index < -0.39 is 17.2 Å². The van der Waals surface area contributed by atoms with Gasteiger partial charge in [0.15, 0.2) is 11.2 Å². The van der Waals surface area contributed by atoms with E-state index in [0.29, 0.717) is 0 Å². The first-order valence-corrected chi connectivity index (χ1v) is 6.72. The minimum atomic E-state index is -1.04. The van der Waals surface area contributed by atoms with Gasteiger partial charge in [0, 0.05) is 19.6 Å². The van der Waals surface area contributed by atoms with Crippen LogP contribution in [0, 0.1) is 0 Å². The van der Waals surface area contributed by atoms with Crippen molar-refractivity contribution in [1.29, 1.82) is 0 Å².